The molecular weight excluding hydrogens is 190 g/mol. The van der Waals surface area contributed by atoms with Gasteiger partial charge in [0.1, 0.15) is 5.75 Å². The van der Waals surface area contributed by atoms with Crippen molar-refractivity contribution in [3.8, 4) is 5.75 Å². The van der Waals surface area contributed by atoms with E-state index >= 15 is 0 Å². The molecule has 2 unspecified atom stereocenters. The van der Waals surface area contributed by atoms with Crippen molar-refractivity contribution in [3.63, 3.8) is 0 Å². The molecule has 0 radical (unpaired) electrons. The first-order valence-corrected chi connectivity index (χ1v) is 5.35. The minimum atomic E-state index is 0.214. The van der Waals surface area contributed by atoms with E-state index in [4.69, 9.17) is 9.84 Å². The molecule has 1 saturated heterocycles. The van der Waals surface area contributed by atoms with Gasteiger partial charge in [0, 0.05) is 17.6 Å². The monoisotopic (exact) mass is 207 g/mol. The summed E-state index contributed by atoms with van der Waals surface area (Å²) in [5.74, 6) is 0.925. The molecule has 1 aliphatic rings. The van der Waals surface area contributed by atoms with Gasteiger partial charge in [0.2, 0.25) is 0 Å². The molecule has 3 heteroatoms. The molecule has 0 aliphatic carbocycles. The summed E-state index contributed by atoms with van der Waals surface area (Å²) >= 11 is 0. The van der Waals surface area contributed by atoms with Crippen LogP contribution in [-0.4, -0.2) is 24.9 Å². The Morgan fingerprint density at radius 1 is 1.40 bits per heavy atom. The van der Waals surface area contributed by atoms with Gasteiger partial charge in [0.15, 0.2) is 0 Å². The Hall–Kier alpha value is -1.06. The Morgan fingerprint density at radius 2 is 2.20 bits per heavy atom. The maximum absolute atomic E-state index is 9.06. The van der Waals surface area contributed by atoms with E-state index in [0.717, 1.165) is 18.6 Å². The third-order valence-corrected chi connectivity index (χ3v) is 2.98. The second kappa shape index (κ2) is 4.64. The topological polar surface area (TPSA) is 41.5 Å². The highest BCUT2D eigenvalue weighted by Gasteiger charge is 2.25. The summed E-state index contributed by atoms with van der Waals surface area (Å²) in [5, 5.41) is 12.5. The molecule has 15 heavy (non-hydrogen) atoms. The summed E-state index contributed by atoms with van der Waals surface area (Å²) in [5.41, 5.74) is 1.19. The first-order chi connectivity index (χ1) is 7.35. The SMILES string of the molecule is COc1ccccc1C1CCC(CO)N1. The summed E-state index contributed by atoms with van der Waals surface area (Å²) in [6.07, 6.45) is 2.09. The lowest BCUT2D eigenvalue weighted by Gasteiger charge is -2.16. The molecule has 0 amide bonds. The molecule has 82 valence electrons. The number of rotatable bonds is 3. The number of nitrogens with one attached hydrogen (secondary N) is 1. The highest BCUT2D eigenvalue weighted by Crippen LogP contribution is 2.32. The second-order valence-electron chi connectivity index (χ2n) is 3.92. The van der Waals surface area contributed by atoms with Gasteiger partial charge in [0.25, 0.3) is 0 Å². The van der Waals surface area contributed by atoms with Crippen LogP contribution >= 0.6 is 0 Å². The number of benzene rings is 1. The molecular formula is C12H17NO2. The van der Waals surface area contributed by atoms with Gasteiger partial charge >= 0.3 is 0 Å². The van der Waals surface area contributed by atoms with Crippen molar-refractivity contribution in [2.45, 2.75) is 24.9 Å². The van der Waals surface area contributed by atoms with E-state index in [1.165, 1.54) is 5.56 Å². The Labute approximate surface area is 90.1 Å². The number of ether oxygens (including phenoxy) is 1. The quantitative estimate of drug-likeness (QED) is 0.789. The maximum atomic E-state index is 9.06. The molecule has 1 aliphatic heterocycles. The Balaban J connectivity index is 2.16. The van der Waals surface area contributed by atoms with Gasteiger partial charge in [-0.3, -0.25) is 0 Å². The number of hydrogen-bond acceptors (Lipinski definition) is 3. The van der Waals surface area contributed by atoms with E-state index in [9.17, 15) is 0 Å². The summed E-state index contributed by atoms with van der Waals surface area (Å²) in [4.78, 5) is 0. The van der Waals surface area contributed by atoms with Crippen molar-refractivity contribution < 1.29 is 9.84 Å². The molecule has 1 fully saturated rings. The highest BCUT2D eigenvalue weighted by molar-refractivity contribution is 5.36. The lowest BCUT2D eigenvalue weighted by Crippen LogP contribution is -2.27. The van der Waals surface area contributed by atoms with Crippen molar-refractivity contribution in [2.75, 3.05) is 13.7 Å². The fraction of sp³-hybridized carbons (Fsp3) is 0.500. The van der Waals surface area contributed by atoms with Crippen LogP contribution < -0.4 is 10.1 Å². The predicted octanol–water partition coefficient (Wildman–Crippen LogP) is 1.48. The number of methoxy groups -OCH3 is 1. The van der Waals surface area contributed by atoms with Crippen molar-refractivity contribution >= 4 is 0 Å². The zero-order valence-electron chi connectivity index (χ0n) is 8.94. The summed E-state index contributed by atoms with van der Waals surface area (Å²) in [6, 6.07) is 8.60. The molecule has 2 atom stereocenters. The maximum Gasteiger partial charge on any atom is 0.123 e. The second-order valence-corrected chi connectivity index (χ2v) is 3.92. The van der Waals surface area contributed by atoms with Gasteiger partial charge in [-0.1, -0.05) is 18.2 Å². The predicted molar refractivity (Wildman–Crippen MR) is 59.0 cm³/mol. The molecule has 2 N–H and O–H groups in total. The molecule has 1 aromatic rings. The first kappa shape index (κ1) is 10.5. The van der Waals surface area contributed by atoms with Crippen molar-refractivity contribution in [1.82, 2.24) is 5.32 Å². The lowest BCUT2D eigenvalue weighted by atomic mass is 10.0. The standard InChI is InChI=1S/C12H17NO2/c1-15-12-5-3-2-4-10(12)11-7-6-9(8-14)13-11/h2-5,9,11,13-14H,6-8H2,1H3. The summed E-state index contributed by atoms with van der Waals surface area (Å²) < 4.78 is 5.32. The molecule has 1 heterocycles. The number of hydrogen-bond donors (Lipinski definition) is 2. The zero-order chi connectivity index (χ0) is 10.7. The van der Waals surface area contributed by atoms with Gasteiger partial charge in [0.05, 0.1) is 13.7 Å². The Morgan fingerprint density at radius 3 is 2.87 bits per heavy atom. The first-order valence-electron chi connectivity index (χ1n) is 5.35. The molecule has 3 nitrogen and oxygen atoms in total. The van der Waals surface area contributed by atoms with E-state index in [1.54, 1.807) is 7.11 Å². The Kier molecular flexibility index (Phi) is 3.23. The van der Waals surface area contributed by atoms with Gasteiger partial charge in [-0.05, 0) is 18.9 Å². The van der Waals surface area contributed by atoms with Crippen LogP contribution in [0.1, 0.15) is 24.4 Å². The fourth-order valence-electron chi connectivity index (χ4n) is 2.16. The van der Waals surface area contributed by atoms with Crippen LogP contribution in [0.2, 0.25) is 0 Å². The zero-order valence-corrected chi connectivity index (χ0v) is 8.94. The average Bonchev–Trinajstić information content (AvgIpc) is 2.77. The third kappa shape index (κ3) is 2.13. The van der Waals surface area contributed by atoms with Crippen LogP contribution in [-0.2, 0) is 0 Å². The lowest BCUT2D eigenvalue weighted by molar-refractivity contribution is 0.251. The van der Waals surface area contributed by atoms with Gasteiger partial charge < -0.3 is 15.2 Å². The molecule has 0 bridgehead atoms. The van der Waals surface area contributed by atoms with Crippen LogP contribution in [0.5, 0.6) is 5.75 Å². The fourth-order valence-corrected chi connectivity index (χ4v) is 2.16. The van der Waals surface area contributed by atoms with Crippen molar-refractivity contribution in [3.05, 3.63) is 29.8 Å². The summed E-state index contributed by atoms with van der Waals surface area (Å²) in [7, 11) is 1.69. The van der Waals surface area contributed by atoms with E-state index in [0.29, 0.717) is 6.04 Å². The molecule has 0 saturated carbocycles. The van der Waals surface area contributed by atoms with Crippen LogP contribution in [0.4, 0.5) is 0 Å². The minimum absolute atomic E-state index is 0.214. The molecule has 0 aromatic heterocycles. The number of para-hydroxylation sites is 1. The summed E-state index contributed by atoms with van der Waals surface area (Å²) in [6.45, 7) is 0.214. The van der Waals surface area contributed by atoms with E-state index in [-0.39, 0.29) is 12.6 Å². The van der Waals surface area contributed by atoms with E-state index < -0.39 is 0 Å². The van der Waals surface area contributed by atoms with Crippen LogP contribution in [0, 0.1) is 0 Å². The van der Waals surface area contributed by atoms with E-state index in [2.05, 4.69) is 11.4 Å². The van der Waals surface area contributed by atoms with Crippen molar-refractivity contribution in [1.29, 1.82) is 0 Å². The normalized spacial score (nSPS) is 25.5. The third-order valence-electron chi connectivity index (χ3n) is 2.98. The van der Waals surface area contributed by atoms with Gasteiger partial charge in [-0.2, -0.15) is 0 Å². The molecule has 1 aromatic carbocycles. The average molecular weight is 207 g/mol. The number of aliphatic hydroxyl groups excluding tert-OH is 1. The van der Waals surface area contributed by atoms with Gasteiger partial charge in [-0.25, -0.2) is 0 Å². The number of aliphatic hydroxyl groups is 1. The minimum Gasteiger partial charge on any atom is -0.496 e. The smallest absolute Gasteiger partial charge is 0.123 e. The van der Waals surface area contributed by atoms with Crippen LogP contribution in [0.3, 0.4) is 0 Å². The Bertz CT molecular complexity index is 327. The van der Waals surface area contributed by atoms with Gasteiger partial charge in [-0.15, -0.1) is 0 Å². The molecule has 0 spiro atoms. The van der Waals surface area contributed by atoms with E-state index in [1.807, 2.05) is 18.2 Å². The van der Waals surface area contributed by atoms with Crippen molar-refractivity contribution in [2.24, 2.45) is 0 Å². The largest absolute Gasteiger partial charge is 0.496 e. The van der Waals surface area contributed by atoms with Crippen LogP contribution in [0.25, 0.3) is 0 Å². The highest BCUT2D eigenvalue weighted by atomic mass is 16.5. The van der Waals surface area contributed by atoms with Crippen LogP contribution in [0.15, 0.2) is 24.3 Å². The molecule has 2 rings (SSSR count).